The lowest BCUT2D eigenvalue weighted by Gasteiger charge is -2.43. The van der Waals surface area contributed by atoms with Gasteiger partial charge in [-0.15, -0.1) is 11.3 Å². The van der Waals surface area contributed by atoms with E-state index < -0.39 is 11.9 Å². The summed E-state index contributed by atoms with van der Waals surface area (Å²) in [7, 11) is 0. The van der Waals surface area contributed by atoms with E-state index in [1.807, 2.05) is 60.4 Å². The van der Waals surface area contributed by atoms with Gasteiger partial charge in [-0.25, -0.2) is 4.98 Å². The van der Waals surface area contributed by atoms with E-state index in [-0.39, 0.29) is 24.4 Å². The number of carboxylic acids is 1. The van der Waals surface area contributed by atoms with Gasteiger partial charge in [-0.3, -0.25) is 9.59 Å². The monoisotopic (exact) mass is 442 g/mol. The molecule has 1 amide bonds. The maximum Gasteiger partial charge on any atom is 0.304 e. The molecule has 2 aromatic carbocycles. The first-order valence-corrected chi connectivity index (χ1v) is 11.3. The van der Waals surface area contributed by atoms with Crippen LogP contribution >= 0.6 is 22.9 Å². The van der Waals surface area contributed by atoms with Crippen molar-refractivity contribution in [1.29, 1.82) is 0 Å². The second kappa shape index (κ2) is 8.74. The summed E-state index contributed by atoms with van der Waals surface area (Å²) in [5, 5.41) is 10.8. The molecule has 2 heterocycles. The van der Waals surface area contributed by atoms with Crippen molar-refractivity contribution in [1.82, 2.24) is 9.88 Å². The number of carboxylic acid groups (broad SMARTS) is 1. The number of thiazole rings is 1. The topological polar surface area (TPSA) is 70.5 Å². The number of amides is 1. The Morgan fingerprint density at radius 3 is 2.63 bits per heavy atom. The van der Waals surface area contributed by atoms with Crippen molar-refractivity contribution in [3.8, 4) is 0 Å². The molecule has 3 aromatic rings. The summed E-state index contributed by atoms with van der Waals surface area (Å²) < 4.78 is 1.08. The Hall–Kier alpha value is -2.44. The van der Waals surface area contributed by atoms with E-state index >= 15 is 0 Å². The number of carbonyl (C=O) groups excluding carboxylic acids is 1. The molecule has 1 saturated heterocycles. The van der Waals surface area contributed by atoms with Gasteiger partial charge in [0.1, 0.15) is 5.01 Å². The van der Waals surface area contributed by atoms with E-state index in [2.05, 4.69) is 0 Å². The average molecular weight is 443 g/mol. The normalized spacial score (nSPS) is 20.5. The lowest BCUT2D eigenvalue weighted by atomic mass is 9.85. The number of nitrogens with zero attached hydrogens (tertiary/aromatic N) is 2. The number of fused-ring (bicyclic) bond motifs is 1. The van der Waals surface area contributed by atoms with Gasteiger partial charge >= 0.3 is 5.97 Å². The zero-order chi connectivity index (χ0) is 21.3. The fourth-order valence-electron chi connectivity index (χ4n) is 4.29. The molecule has 0 aliphatic carbocycles. The molecule has 0 saturated carbocycles. The highest BCUT2D eigenvalue weighted by atomic mass is 35.5. The molecule has 1 fully saturated rings. The largest absolute Gasteiger partial charge is 0.481 e. The van der Waals surface area contributed by atoms with Gasteiger partial charge in [0, 0.05) is 10.9 Å². The van der Waals surface area contributed by atoms with Crippen LogP contribution in [0.15, 0.2) is 48.5 Å². The quantitative estimate of drug-likeness (QED) is 0.519. The number of hydrogen-bond donors (Lipinski definition) is 1. The summed E-state index contributed by atoms with van der Waals surface area (Å²) in [4.78, 5) is 31.5. The summed E-state index contributed by atoms with van der Waals surface area (Å²) in [5.74, 6) is -1.55. The van der Waals surface area contributed by atoms with Gasteiger partial charge in [0.05, 0.1) is 28.7 Å². The maximum absolute atomic E-state index is 13.5. The van der Waals surface area contributed by atoms with Crippen molar-refractivity contribution in [3.05, 3.63) is 64.1 Å². The minimum atomic E-state index is -0.939. The van der Waals surface area contributed by atoms with Crippen molar-refractivity contribution in [2.75, 3.05) is 0 Å². The molecular weight excluding hydrogens is 420 g/mol. The molecule has 3 unspecified atom stereocenters. The Kier molecular flexibility index (Phi) is 6.06. The third-order valence-corrected chi connectivity index (χ3v) is 7.11. The van der Waals surface area contributed by atoms with Crippen LogP contribution in [0.2, 0.25) is 5.02 Å². The fraction of sp³-hybridized carbons (Fsp3) is 0.348. The summed E-state index contributed by atoms with van der Waals surface area (Å²) in [6, 6.07) is 15.2. The molecule has 1 aliphatic heterocycles. The number of aliphatic carboxylic acids is 1. The van der Waals surface area contributed by atoms with E-state index in [4.69, 9.17) is 16.6 Å². The Morgan fingerprint density at radius 1 is 1.23 bits per heavy atom. The molecule has 1 aliphatic rings. The van der Waals surface area contributed by atoms with Gasteiger partial charge in [0.25, 0.3) is 0 Å². The molecule has 30 heavy (non-hydrogen) atoms. The fourth-order valence-corrected chi connectivity index (χ4v) is 5.57. The van der Waals surface area contributed by atoms with Crippen molar-refractivity contribution >= 4 is 45.0 Å². The number of carbonyl (C=O) groups is 2. The van der Waals surface area contributed by atoms with Crippen LogP contribution in [0.25, 0.3) is 10.2 Å². The molecule has 7 heteroatoms. The first-order valence-electron chi connectivity index (χ1n) is 10.1. The van der Waals surface area contributed by atoms with Gasteiger partial charge in [0.2, 0.25) is 5.91 Å². The number of piperidine rings is 1. The maximum atomic E-state index is 13.5. The Bertz CT molecular complexity index is 1030. The van der Waals surface area contributed by atoms with Gasteiger partial charge in [-0.2, -0.15) is 0 Å². The van der Waals surface area contributed by atoms with Crippen LogP contribution in [-0.2, 0) is 9.59 Å². The molecule has 1 aromatic heterocycles. The number of aromatic nitrogens is 1. The highest BCUT2D eigenvalue weighted by molar-refractivity contribution is 7.18. The molecule has 0 radical (unpaired) electrons. The highest BCUT2D eigenvalue weighted by Crippen LogP contribution is 2.43. The minimum absolute atomic E-state index is 0.102. The molecule has 3 atom stereocenters. The van der Waals surface area contributed by atoms with Crippen LogP contribution < -0.4 is 0 Å². The summed E-state index contributed by atoms with van der Waals surface area (Å²) in [5.41, 5.74) is 1.94. The van der Waals surface area contributed by atoms with Crippen LogP contribution in [-0.4, -0.2) is 26.9 Å². The molecular formula is C23H23ClN2O3S. The molecule has 0 spiro atoms. The van der Waals surface area contributed by atoms with Gasteiger partial charge in [-0.05, 0) is 49.1 Å². The zero-order valence-corrected chi connectivity index (χ0v) is 18.2. The zero-order valence-electron chi connectivity index (χ0n) is 16.6. The lowest BCUT2D eigenvalue weighted by Crippen LogP contribution is -2.45. The summed E-state index contributed by atoms with van der Waals surface area (Å²) in [6.07, 6.45) is 1.84. The Morgan fingerprint density at radius 2 is 1.97 bits per heavy atom. The SMILES string of the molecule is CCC(c1nc2ccccc2s1)N1C(=O)C(CC(=O)O)CCC1c1ccc(Cl)cc1. The number of likely N-dealkylation sites (tertiary alicyclic amines) is 1. The van der Waals surface area contributed by atoms with Gasteiger partial charge in [-0.1, -0.05) is 42.8 Å². The van der Waals surface area contributed by atoms with Crippen LogP contribution in [0.5, 0.6) is 0 Å². The Balaban J connectivity index is 1.76. The average Bonchev–Trinajstić information content (AvgIpc) is 3.15. The summed E-state index contributed by atoms with van der Waals surface area (Å²) >= 11 is 7.67. The number of benzene rings is 2. The molecule has 1 N–H and O–H groups in total. The smallest absolute Gasteiger partial charge is 0.304 e. The highest BCUT2D eigenvalue weighted by Gasteiger charge is 2.41. The third kappa shape index (κ3) is 4.07. The molecule has 0 bridgehead atoms. The summed E-state index contributed by atoms with van der Waals surface area (Å²) in [6.45, 7) is 2.05. The first-order chi connectivity index (χ1) is 14.5. The van der Waals surface area contributed by atoms with Crippen molar-refractivity contribution < 1.29 is 14.7 Å². The van der Waals surface area contributed by atoms with Crippen molar-refractivity contribution in [3.63, 3.8) is 0 Å². The molecule has 4 rings (SSSR count). The van der Waals surface area contributed by atoms with Crippen LogP contribution in [0, 0.1) is 5.92 Å². The van der Waals surface area contributed by atoms with E-state index in [0.717, 1.165) is 20.8 Å². The van der Waals surface area contributed by atoms with E-state index in [1.54, 1.807) is 11.3 Å². The minimum Gasteiger partial charge on any atom is -0.481 e. The third-order valence-electron chi connectivity index (χ3n) is 5.72. The van der Waals surface area contributed by atoms with Gasteiger partial charge < -0.3 is 10.0 Å². The number of hydrogen-bond acceptors (Lipinski definition) is 4. The first kappa shape index (κ1) is 20.8. The lowest BCUT2D eigenvalue weighted by molar-refractivity contribution is -0.151. The second-order valence-corrected chi connectivity index (χ2v) is 9.13. The van der Waals surface area contributed by atoms with Crippen molar-refractivity contribution in [2.45, 2.75) is 44.7 Å². The standard InChI is InChI=1S/C23H23ClN2O3S/c1-2-18(22-25-17-5-3-4-6-20(17)30-22)26-19(14-7-10-16(24)11-8-14)12-9-15(23(26)29)13-21(27)28/h3-8,10-11,15,18-19H,2,9,12-13H2,1H3,(H,27,28). The number of para-hydroxylation sites is 1. The Labute approximate surface area is 184 Å². The van der Waals surface area contributed by atoms with E-state index in [9.17, 15) is 14.7 Å². The van der Waals surface area contributed by atoms with Crippen LogP contribution in [0.3, 0.4) is 0 Å². The number of halogens is 1. The van der Waals surface area contributed by atoms with Crippen LogP contribution in [0.1, 0.15) is 55.3 Å². The van der Waals surface area contributed by atoms with Crippen LogP contribution in [0.4, 0.5) is 0 Å². The number of rotatable bonds is 6. The molecule has 5 nitrogen and oxygen atoms in total. The van der Waals surface area contributed by atoms with Crippen molar-refractivity contribution in [2.24, 2.45) is 5.92 Å². The van der Waals surface area contributed by atoms with E-state index in [0.29, 0.717) is 24.3 Å². The molecule has 156 valence electrons. The van der Waals surface area contributed by atoms with Gasteiger partial charge in [0.15, 0.2) is 0 Å². The predicted octanol–water partition coefficient (Wildman–Crippen LogP) is 5.86. The van der Waals surface area contributed by atoms with E-state index in [1.165, 1.54) is 0 Å². The predicted molar refractivity (Wildman–Crippen MR) is 119 cm³/mol. The second-order valence-electron chi connectivity index (χ2n) is 7.63.